The number of para-hydroxylation sites is 1. The summed E-state index contributed by atoms with van der Waals surface area (Å²) in [5, 5.41) is 8.01. The predicted octanol–water partition coefficient (Wildman–Crippen LogP) is 2.34. The number of hydrogen-bond donors (Lipinski definition) is 1. The monoisotopic (exact) mass is 213 g/mol. The summed E-state index contributed by atoms with van der Waals surface area (Å²) in [5.41, 5.74) is 4.92. The topological polar surface area (TPSA) is 29.9 Å². The van der Waals surface area contributed by atoms with Crippen molar-refractivity contribution in [2.75, 3.05) is 0 Å². The van der Waals surface area contributed by atoms with Crippen molar-refractivity contribution in [3.05, 3.63) is 47.3 Å². The molecule has 0 radical (unpaired) electrons. The molecule has 3 heteroatoms. The van der Waals surface area contributed by atoms with Crippen LogP contribution in [0.5, 0.6) is 0 Å². The summed E-state index contributed by atoms with van der Waals surface area (Å²) in [4.78, 5) is 0. The molecule has 16 heavy (non-hydrogen) atoms. The van der Waals surface area contributed by atoms with Crippen LogP contribution in [-0.4, -0.2) is 9.78 Å². The van der Waals surface area contributed by atoms with Crippen LogP contribution < -0.4 is 5.32 Å². The van der Waals surface area contributed by atoms with Crippen LogP contribution in [0.15, 0.2) is 30.5 Å². The highest BCUT2D eigenvalue weighted by Gasteiger charge is 2.21. The third-order valence-electron chi connectivity index (χ3n) is 3.23. The minimum atomic E-state index is 0.424. The van der Waals surface area contributed by atoms with Gasteiger partial charge in [0.25, 0.3) is 0 Å². The fourth-order valence-electron chi connectivity index (χ4n) is 2.23. The maximum absolute atomic E-state index is 4.63. The van der Waals surface area contributed by atoms with Gasteiger partial charge in [0.2, 0.25) is 0 Å². The van der Waals surface area contributed by atoms with Crippen molar-refractivity contribution in [3.8, 4) is 5.69 Å². The fourth-order valence-corrected chi connectivity index (χ4v) is 2.23. The van der Waals surface area contributed by atoms with E-state index in [1.54, 1.807) is 0 Å². The molecule has 1 atom stereocenters. The molecule has 0 spiro atoms. The van der Waals surface area contributed by atoms with Gasteiger partial charge in [-0.3, -0.25) is 0 Å². The average molecular weight is 213 g/mol. The zero-order valence-corrected chi connectivity index (χ0v) is 9.57. The van der Waals surface area contributed by atoms with E-state index in [-0.39, 0.29) is 0 Å². The van der Waals surface area contributed by atoms with E-state index in [9.17, 15) is 0 Å². The van der Waals surface area contributed by atoms with E-state index < -0.39 is 0 Å². The SMILES string of the molecule is Cc1ccccc1-n1cc2c(n1)CNC2C. The summed E-state index contributed by atoms with van der Waals surface area (Å²) in [6.07, 6.45) is 2.14. The van der Waals surface area contributed by atoms with Crippen LogP contribution in [0.3, 0.4) is 0 Å². The molecule has 2 aromatic rings. The zero-order valence-electron chi connectivity index (χ0n) is 9.57. The second-order valence-corrected chi connectivity index (χ2v) is 4.36. The zero-order chi connectivity index (χ0) is 11.1. The van der Waals surface area contributed by atoms with Crippen LogP contribution in [0.1, 0.15) is 29.8 Å². The minimum Gasteiger partial charge on any atom is -0.304 e. The molecule has 0 bridgehead atoms. The average Bonchev–Trinajstić information content (AvgIpc) is 2.82. The van der Waals surface area contributed by atoms with Gasteiger partial charge < -0.3 is 5.32 Å². The highest BCUT2D eigenvalue weighted by atomic mass is 15.3. The van der Waals surface area contributed by atoms with Gasteiger partial charge in [0.05, 0.1) is 11.4 Å². The summed E-state index contributed by atoms with van der Waals surface area (Å²) in [6, 6.07) is 8.75. The normalized spacial score (nSPS) is 18.8. The first-order chi connectivity index (χ1) is 7.75. The molecule has 3 nitrogen and oxygen atoms in total. The van der Waals surface area contributed by atoms with Gasteiger partial charge in [0.15, 0.2) is 0 Å². The number of aryl methyl sites for hydroxylation is 1. The van der Waals surface area contributed by atoms with E-state index in [0.29, 0.717) is 6.04 Å². The Kier molecular flexibility index (Phi) is 2.07. The van der Waals surface area contributed by atoms with Crippen molar-refractivity contribution < 1.29 is 0 Å². The maximum Gasteiger partial charge on any atom is 0.0814 e. The summed E-state index contributed by atoms with van der Waals surface area (Å²) in [5.74, 6) is 0. The number of benzene rings is 1. The Morgan fingerprint density at radius 3 is 2.94 bits per heavy atom. The molecule has 0 saturated heterocycles. The number of nitrogens with zero attached hydrogens (tertiary/aromatic N) is 2. The van der Waals surface area contributed by atoms with E-state index in [2.05, 4.69) is 54.7 Å². The third kappa shape index (κ3) is 1.36. The smallest absolute Gasteiger partial charge is 0.0814 e. The van der Waals surface area contributed by atoms with Gasteiger partial charge in [0.1, 0.15) is 0 Å². The maximum atomic E-state index is 4.63. The Balaban J connectivity index is 2.09. The quantitative estimate of drug-likeness (QED) is 0.788. The summed E-state index contributed by atoms with van der Waals surface area (Å²) < 4.78 is 2.00. The molecule has 0 fully saturated rings. The lowest BCUT2D eigenvalue weighted by atomic mass is 10.2. The molecular weight excluding hydrogens is 198 g/mol. The van der Waals surface area contributed by atoms with Crippen LogP contribution in [0.4, 0.5) is 0 Å². The molecule has 1 aromatic carbocycles. The first kappa shape index (κ1) is 9.60. The van der Waals surface area contributed by atoms with Gasteiger partial charge >= 0.3 is 0 Å². The van der Waals surface area contributed by atoms with Gasteiger partial charge in [-0.2, -0.15) is 5.10 Å². The van der Waals surface area contributed by atoms with Gasteiger partial charge in [-0.1, -0.05) is 18.2 Å². The van der Waals surface area contributed by atoms with Crippen LogP contribution >= 0.6 is 0 Å². The summed E-state index contributed by atoms with van der Waals surface area (Å²) >= 11 is 0. The molecule has 1 N–H and O–H groups in total. The van der Waals surface area contributed by atoms with E-state index in [1.807, 2.05) is 4.68 Å². The van der Waals surface area contributed by atoms with Crippen LogP contribution in [-0.2, 0) is 6.54 Å². The Bertz CT molecular complexity index is 528. The van der Waals surface area contributed by atoms with E-state index >= 15 is 0 Å². The van der Waals surface area contributed by atoms with Crippen molar-refractivity contribution in [2.24, 2.45) is 0 Å². The summed E-state index contributed by atoms with van der Waals surface area (Å²) in [7, 11) is 0. The lowest BCUT2D eigenvalue weighted by Crippen LogP contribution is -2.10. The Labute approximate surface area is 95.1 Å². The van der Waals surface area contributed by atoms with E-state index in [0.717, 1.165) is 6.54 Å². The lowest BCUT2D eigenvalue weighted by molar-refractivity contribution is 0.617. The molecule has 82 valence electrons. The predicted molar refractivity (Wildman–Crippen MR) is 63.6 cm³/mol. The van der Waals surface area contributed by atoms with Crippen molar-refractivity contribution in [3.63, 3.8) is 0 Å². The fraction of sp³-hybridized carbons (Fsp3) is 0.308. The van der Waals surface area contributed by atoms with Crippen molar-refractivity contribution in [2.45, 2.75) is 26.4 Å². The molecule has 0 saturated carbocycles. The molecule has 1 aliphatic heterocycles. The standard InChI is InChI=1S/C13H15N3/c1-9-5-3-4-6-13(9)16-8-11-10(2)14-7-12(11)15-16/h3-6,8,10,14H,7H2,1-2H3. The Morgan fingerprint density at radius 2 is 2.19 bits per heavy atom. The van der Waals surface area contributed by atoms with Gasteiger partial charge in [-0.05, 0) is 25.5 Å². The molecule has 1 unspecified atom stereocenters. The molecular formula is C13H15N3. The van der Waals surface area contributed by atoms with Crippen molar-refractivity contribution in [1.82, 2.24) is 15.1 Å². The van der Waals surface area contributed by atoms with E-state index in [1.165, 1.54) is 22.5 Å². The minimum absolute atomic E-state index is 0.424. The second kappa shape index (κ2) is 3.46. The summed E-state index contributed by atoms with van der Waals surface area (Å²) in [6.45, 7) is 5.18. The van der Waals surface area contributed by atoms with E-state index in [4.69, 9.17) is 0 Å². The highest BCUT2D eigenvalue weighted by molar-refractivity contribution is 5.41. The van der Waals surface area contributed by atoms with Crippen molar-refractivity contribution in [1.29, 1.82) is 0 Å². The Hall–Kier alpha value is -1.61. The number of rotatable bonds is 1. The molecule has 0 amide bonds. The van der Waals surface area contributed by atoms with Gasteiger partial charge in [-0.15, -0.1) is 0 Å². The van der Waals surface area contributed by atoms with Crippen LogP contribution in [0.2, 0.25) is 0 Å². The highest BCUT2D eigenvalue weighted by Crippen LogP contribution is 2.25. The third-order valence-corrected chi connectivity index (χ3v) is 3.23. The number of fused-ring (bicyclic) bond motifs is 1. The number of nitrogens with one attached hydrogen (secondary N) is 1. The molecule has 2 heterocycles. The van der Waals surface area contributed by atoms with Gasteiger partial charge in [0, 0.05) is 24.3 Å². The molecule has 0 aliphatic carbocycles. The van der Waals surface area contributed by atoms with Gasteiger partial charge in [-0.25, -0.2) is 4.68 Å². The first-order valence-corrected chi connectivity index (χ1v) is 5.63. The molecule has 3 rings (SSSR count). The second-order valence-electron chi connectivity index (χ2n) is 4.36. The lowest BCUT2D eigenvalue weighted by Gasteiger charge is -2.06. The largest absolute Gasteiger partial charge is 0.304 e. The first-order valence-electron chi connectivity index (χ1n) is 5.63. The number of aromatic nitrogens is 2. The number of hydrogen-bond acceptors (Lipinski definition) is 2. The Morgan fingerprint density at radius 1 is 1.38 bits per heavy atom. The molecule has 1 aliphatic rings. The van der Waals surface area contributed by atoms with Crippen molar-refractivity contribution >= 4 is 0 Å². The van der Waals surface area contributed by atoms with Crippen LogP contribution in [0, 0.1) is 6.92 Å². The van der Waals surface area contributed by atoms with Crippen LogP contribution in [0.25, 0.3) is 5.69 Å². The molecule has 1 aromatic heterocycles.